The molecule has 6 nitrogen and oxygen atoms in total. The summed E-state index contributed by atoms with van der Waals surface area (Å²) >= 11 is 0. The zero-order valence-corrected chi connectivity index (χ0v) is 8.19. The molecule has 0 atom stereocenters. The number of carbonyl (C=O) groups excluding carboxylic acids is 1. The third kappa shape index (κ3) is 1.89. The van der Waals surface area contributed by atoms with Crippen LogP contribution in [0.15, 0.2) is 29.4 Å². The molecule has 1 aromatic carbocycles. The molecule has 1 amide bonds. The van der Waals surface area contributed by atoms with Gasteiger partial charge in [0.2, 0.25) is 5.91 Å². The van der Waals surface area contributed by atoms with Gasteiger partial charge in [-0.25, -0.2) is 5.53 Å². The van der Waals surface area contributed by atoms with Crippen LogP contribution in [0.5, 0.6) is 0 Å². The number of hydrogen-bond acceptors (Lipinski definition) is 5. The number of hydrogen-bond donors (Lipinski definition) is 3. The van der Waals surface area contributed by atoms with Crippen molar-refractivity contribution in [3.8, 4) is 0 Å². The largest absolute Gasteiger partial charge is 0.366 e. The van der Waals surface area contributed by atoms with Gasteiger partial charge in [0, 0.05) is 18.2 Å². The van der Waals surface area contributed by atoms with Gasteiger partial charge < -0.3 is 5.73 Å². The van der Waals surface area contributed by atoms with E-state index in [0.29, 0.717) is 11.4 Å². The molecule has 0 spiro atoms. The summed E-state index contributed by atoms with van der Waals surface area (Å²) in [5.74, 6) is 0.270. The Hall–Kier alpha value is -2.08. The first-order valence-corrected chi connectivity index (χ1v) is 4.41. The molecule has 0 aromatic heterocycles. The molecule has 78 valence electrons. The van der Waals surface area contributed by atoms with E-state index in [1.165, 1.54) is 0 Å². The average molecular weight is 205 g/mol. The monoisotopic (exact) mass is 205 g/mol. The summed E-state index contributed by atoms with van der Waals surface area (Å²) in [6, 6.07) is 6.90. The standard InChI is InChI=1S/C9H11N5O/c1-14-12-9(11-13-14)7-4-2-6(3-5-7)8(10)15/h2-5,13H,1H3,(H2,10,15)(H,11,12). The second-order valence-corrected chi connectivity index (χ2v) is 3.17. The van der Waals surface area contributed by atoms with Gasteiger partial charge in [-0.15, -0.1) is 10.2 Å². The Morgan fingerprint density at radius 2 is 2.07 bits per heavy atom. The Balaban J connectivity index is 2.21. The zero-order valence-electron chi connectivity index (χ0n) is 8.19. The Morgan fingerprint density at radius 1 is 1.40 bits per heavy atom. The van der Waals surface area contributed by atoms with E-state index in [-0.39, 0.29) is 0 Å². The van der Waals surface area contributed by atoms with E-state index < -0.39 is 5.91 Å². The van der Waals surface area contributed by atoms with Gasteiger partial charge in [0.25, 0.3) is 0 Å². The fourth-order valence-corrected chi connectivity index (χ4v) is 1.26. The molecule has 0 saturated carbocycles. The van der Waals surface area contributed by atoms with Crippen LogP contribution in [0.2, 0.25) is 0 Å². The first-order chi connectivity index (χ1) is 7.16. The molecule has 0 fully saturated rings. The lowest BCUT2D eigenvalue weighted by Crippen LogP contribution is -2.37. The first-order valence-electron chi connectivity index (χ1n) is 4.41. The number of amidine groups is 1. The van der Waals surface area contributed by atoms with Crippen LogP contribution in [0, 0.1) is 0 Å². The smallest absolute Gasteiger partial charge is 0.248 e. The molecular weight excluding hydrogens is 194 g/mol. The normalized spacial score (nSPS) is 15.4. The van der Waals surface area contributed by atoms with Crippen LogP contribution in [0.4, 0.5) is 0 Å². The predicted molar refractivity (Wildman–Crippen MR) is 55.5 cm³/mol. The number of nitrogens with one attached hydrogen (secondary N) is 2. The molecule has 1 heterocycles. The van der Waals surface area contributed by atoms with Crippen molar-refractivity contribution in [3.05, 3.63) is 35.4 Å². The van der Waals surface area contributed by atoms with Crippen molar-refractivity contribution in [2.75, 3.05) is 7.05 Å². The highest BCUT2D eigenvalue weighted by Crippen LogP contribution is 2.05. The summed E-state index contributed by atoms with van der Waals surface area (Å²) in [5.41, 5.74) is 12.2. The van der Waals surface area contributed by atoms with Gasteiger partial charge in [-0.3, -0.25) is 10.2 Å². The van der Waals surface area contributed by atoms with Crippen molar-refractivity contribution >= 4 is 11.7 Å². The number of hydrazine groups is 2. The van der Waals surface area contributed by atoms with Crippen LogP contribution in [-0.4, -0.2) is 23.9 Å². The molecule has 0 bridgehead atoms. The highest BCUT2D eigenvalue weighted by Gasteiger charge is 2.12. The molecule has 1 aliphatic heterocycles. The molecule has 0 saturated heterocycles. The lowest BCUT2D eigenvalue weighted by Gasteiger charge is -2.07. The van der Waals surface area contributed by atoms with E-state index >= 15 is 0 Å². The van der Waals surface area contributed by atoms with Crippen molar-refractivity contribution in [3.63, 3.8) is 0 Å². The van der Waals surface area contributed by atoms with Crippen LogP contribution in [-0.2, 0) is 0 Å². The van der Waals surface area contributed by atoms with Crippen molar-refractivity contribution in [2.24, 2.45) is 10.8 Å². The van der Waals surface area contributed by atoms with Gasteiger partial charge in [0.1, 0.15) is 0 Å². The third-order valence-electron chi connectivity index (χ3n) is 2.03. The molecule has 0 radical (unpaired) electrons. The van der Waals surface area contributed by atoms with Crippen LogP contribution in [0.3, 0.4) is 0 Å². The number of nitrogens with zero attached hydrogens (tertiary/aromatic N) is 2. The minimum Gasteiger partial charge on any atom is -0.366 e. The van der Waals surface area contributed by atoms with Crippen molar-refractivity contribution in [1.82, 2.24) is 16.1 Å². The van der Waals surface area contributed by atoms with Gasteiger partial charge in [-0.05, 0) is 12.1 Å². The molecule has 2 rings (SSSR count). The van der Waals surface area contributed by atoms with Crippen molar-refractivity contribution in [2.45, 2.75) is 0 Å². The number of rotatable bonds is 2. The van der Waals surface area contributed by atoms with Gasteiger partial charge in [-0.2, -0.15) is 0 Å². The number of nitrogens with two attached hydrogens (primary N) is 1. The summed E-state index contributed by atoms with van der Waals surface area (Å²) in [5, 5.41) is 5.65. The summed E-state index contributed by atoms with van der Waals surface area (Å²) in [6.45, 7) is 0. The Morgan fingerprint density at radius 3 is 2.53 bits per heavy atom. The highest BCUT2D eigenvalue weighted by atomic mass is 16.1. The Kier molecular flexibility index (Phi) is 2.26. The molecule has 0 aliphatic carbocycles. The first kappa shape index (κ1) is 9.47. The van der Waals surface area contributed by atoms with Crippen molar-refractivity contribution < 1.29 is 4.79 Å². The Bertz CT molecular complexity index is 411. The quantitative estimate of drug-likeness (QED) is 0.602. The van der Waals surface area contributed by atoms with Crippen LogP contribution >= 0.6 is 0 Å². The number of amides is 1. The molecule has 4 N–H and O–H groups in total. The molecule has 6 heteroatoms. The lowest BCUT2D eigenvalue weighted by molar-refractivity contribution is 0.100. The Labute approximate surface area is 86.7 Å². The van der Waals surface area contributed by atoms with E-state index in [2.05, 4.69) is 16.1 Å². The molecule has 1 aliphatic rings. The minimum atomic E-state index is -0.432. The van der Waals surface area contributed by atoms with E-state index in [1.807, 2.05) is 0 Å². The van der Waals surface area contributed by atoms with Crippen LogP contribution < -0.4 is 16.7 Å². The van der Waals surface area contributed by atoms with Gasteiger partial charge >= 0.3 is 0 Å². The fourth-order valence-electron chi connectivity index (χ4n) is 1.26. The van der Waals surface area contributed by atoms with Gasteiger partial charge in [-0.1, -0.05) is 12.1 Å². The lowest BCUT2D eigenvalue weighted by atomic mass is 10.1. The minimum absolute atomic E-state index is 0.432. The van der Waals surface area contributed by atoms with Gasteiger partial charge in [0.05, 0.1) is 0 Å². The number of primary amides is 1. The average Bonchev–Trinajstić information content (AvgIpc) is 2.65. The van der Waals surface area contributed by atoms with E-state index in [4.69, 9.17) is 5.73 Å². The summed E-state index contributed by atoms with van der Waals surface area (Å²) in [4.78, 5) is 10.8. The SMILES string of the molecule is CN1NN=C(c2ccc(C(N)=O)cc2)N1. The third-order valence-corrected chi connectivity index (χ3v) is 2.03. The zero-order chi connectivity index (χ0) is 10.8. The summed E-state index contributed by atoms with van der Waals surface area (Å²) in [7, 11) is 1.80. The predicted octanol–water partition coefficient (Wildman–Crippen LogP) is -0.598. The topological polar surface area (TPSA) is 82.8 Å². The molecular formula is C9H11N5O. The second-order valence-electron chi connectivity index (χ2n) is 3.17. The second kappa shape index (κ2) is 3.58. The fraction of sp³-hybridized carbons (Fsp3) is 0.111. The summed E-state index contributed by atoms with van der Waals surface area (Å²) in [6.07, 6.45) is 0. The van der Waals surface area contributed by atoms with Crippen LogP contribution in [0.25, 0.3) is 0 Å². The maximum Gasteiger partial charge on any atom is 0.248 e. The number of hydrazone groups is 1. The highest BCUT2D eigenvalue weighted by molar-refractivity contribution is 6.00. The maximum atomic E-state index is 10.8. The molecule has 15 heavy (non-hydrogen) atoms. The summed E-state index contributed by atoms with van der Waals surface area (Å²) < 4.78 is 0. The molecule has 1 aromatic rings. The van der Waals surface area contributed by atoms with E-state index in [0.717, 1.165) is 5.56 Å². The number of carbonyl (C=O) groups is 1. The molecule has 0 unspecified atom stereocenters. The van der Waals surface area contributed by atoms with Crippen LogP contribution in [0.1, 0.15) is 15.9 Å². The van der Waals surface area contributed by atoms with Crippen molar-refractivity contribution in [1.29, 1.82) is 0 Å². The van der Waals surface area contributed by atoms with E-state index in [1.54, 1.807) is 36.4 Å². The maximum absolute atomic E-state index is 10.8. The number of benzene rings is 1. The van der Waals surface area contributed by atoms with E-state index in [9.17, 15) is 4.79 Å². The van der Waals surface area contributed by atoms with Gasteiger partial charge in [0.15, 0.2) is 5.84 Å².